The predicted octanol–water partition coefficient (Wildman–Crippen LogP) is 2.12. The van der Waals surface area contributed by atoms with E-state index >= 15 is 0 Å². The van der Waals surface area contributed by atoms with Crippen LogP contribution in [0.25, 0.3) is 0 Å². The molecule has 0 atom stereocenters. The number of nitrogens with one attached hydrogen (secondary N) is 1. The van der Waals surface area contributed by atoms with Crippen molar-refractivity contribution >= 4 is 0 Å². The van der Waals surface area contributed by atoms with Crippen molar-refractivity contribution in [2.24, 2.45) is 0 Å². The van der Waals surface area contributed by atoms with Crippen molar-refractivity contribution in [1.82, 2.24) is 10.3 Å². The van der Waals surface area contributed by atoms with Crippen molar-refractivity contribution in [2.45, 2.75) is 38.8 Å². The highest BCUT2D eigenvalue weighted by molar-refractivity contribution is 5.30. The number of aromatic nitrogens is 1. The van der Waals surface area contributed by atoms with E-state index in [4.69, 9.17) is 4.74 Å². The summed E-state index contributed by atoms with van der Waals surface area (Å²) in [5.41, 5.74) is 1.16. The molecular formula is C12H18N2O. The lowest BCUT2D eigenvalue weighted by Crippen LogP contribution is -2.16. The van der Waals surface area contributed by atoms with Crippen LogP contribution in [-0.2, 0) is 6.54 Å². The summed E-state index contributed by atoms with van der Waals surface area (Å²) >= 11 is 0. The quantitative estimate of drug-likeness (QED) is 0.774. The molecule has 0 aromatic carbocycles. The summed E-state index contributed by atoms with van der Waals surface area (Å²) in [7, 11) is 0. The largest absolute Gasteiger partial charge is 0.493 e. The molecule has 3 nitrogen and oxygen atoms in total. The number of ether oxygens (including phenoxy) is 1. The van der Waals surface area contributed by atoms with Crippen LogP contribution in [0, 0.1) is 0 Å². The first-order valence-electron chi connectivity index (χ1n) is 5.69. The molecule has 1 fully saturated rings. The summed E-state index contributed by atoms with van der Waals surface area (Å²) in [4.78, 5) is 4.13. The van der Waals surface area contributed by atoms with Gasteiger partial charge in [-0.25, -0.2) is 0 Å². The number of nitrogens with zero attached hydrogens (tertiary/aromatic N) is 1. The smallest absolute Gasteiger partial charge is 0.126 e. The zero-order chi connectivity index (χ0) is 10.5. The molecule has 1 aromatic heterocycles. The molecule has 0 bridgehead atoms. The zero-order valence-corrected chi connectivity index (χ0v) is 9.20. The molecule has 82 valence electrons. The average molecular weight is 206 g/mol. The van der Waals surface area contributed by atoms with E-state index in [1.54, 1.807) is 6.20 Å². The maximum atomic E-state index is 5.66. The minimum Gasteiger partial charge on any atom is -0.493 e. The number of hydrogen-bond acceptors (Lipinski definition) is 3. The van der Waals surface area contributed by atoms with Gasteiger partial charge < -0.3 is 10.1 Å². The Morgan fingerprint density at radius 1 is 1.53 bits per heavy atom. The summed E-state index contributed by atoms with van der Waals surface area (Å²) in [6.07, 6.45) is 7.33. The number of rotatable bonds is 6. The second-order valence-electron chi connectivity index (χ2n) is 3.99. The SMILES string of the molecule is CCCOc1ccncc1CNC1CC1. The van der Waals surface area contributed by atoms with Gasteiger partial charge in [0.05, 0.1) is 6.61 Å². The van der Waals surface area contributed by atoms with E-state index < -0.39 is 0 Å². The molecule has 0 saturated heterocycles. The van der Waals surface area contributed by atoms with Crippen molar-refractivity contribution in [3.63, 3.8) is 0 Å². The highest BCUT2D eigenvalue weighted by Crippen LogP contribution is 2.22. The van der Waals surface area contributed by atoms with Crippen LogP contribution < -0.4 is 10.1 Å². The van der Waals surface area contributed by atoms with E-state index in [9.17, 15) is 0 Å². The molecule has 1 heterocycles. The van der Waals surface area contributed by atoms with Gasteiger partial charge in [0.15, 0.2) is 0 Å². The van der Waals surface area contributed by atoms with Crippen molar-refractivity contribution < 1.29 is 4.74 Å². The Kier molecular flexibility index (Phi) is 3.56. The molecule has 0 amide bonds. The van der Waals surface area contributed by atoms with Crippen LogP contribution in [-0.4, -0.2) is 17.6 Å². The van der Waals surface area contributed by atoms with Crippen LogP contribution in [0.3, 0.4) is 0 Å². The molecule has 0 unspecified atom stereocenters. The summed E-state index contributed by atoms with van der Waals surface area (Å²) in [6, 6.07) is 2.67. The van der Waals surface area contributed by atoms with Gasteiger partial charge in [-0.15, -0.1) is 0 Å². The minimum absolute atomic E-state index is 0.726. The average Bonchev–Trinajstić information content (AvgIpc) is 3.08. The predicted molar refractivity (Wildman–Crippen MR) is 59.9 cm³/mol. The Morgan fingerprint density at radius 3 is 3.13 bits per heavy atom. The molecule has 1 N–H and O–H groups in total. The van der Waals surface area contributed by atoms with Gasteiger partial charge in [-0.1, -0.05) is 6.92 Å². The fourth-order valence-corrected chi connectivity index (χ4v) is 1.44. The Bertz CT molecular complexity index is 310. The molecule has 0 radical (unpaired) electrons. The van der Waals surface area contributed by atoms with E-state index in [1.807, 2.05) is 12.3 Å². The lowest BCUT2D eigenvalue weighted by molar-refractivity contribution is 0.313. The highest BCUT2D eigenvalue weighted by atomic mass is 16.5. The summed E-state index contributed by atoms with van der Waals surface area (Å²) in [5.74, 6) is 0.972. The Hall–Kier alpha value is -1.09. The molecule has 1 aromatic rings. The van der Waals surface area contributed by atoms with Crippen LogP contribution in [0.1, 0.15) is 31.7 Å². The van der Waals surface area contributed by atoms with E-state index in [1.165, 1.54) is 12.8 Å². The van der Waals surface area contributed by atoms with Crippen molar-refractivity contribution in [2.75, 3.05) is 6.61 Å². The van der Waals surface area contributed by atoms with Gasteiger partial charge in [-0.05, 0) is 25.3 Å². The summed E-state index contributed by atoms with van der Waals surface area (Å²) in [5, 5.41) is 3.47. The van der Waals surface area contributed by atoms with E-state index in [0.717, 1.165) is 36.9 Å². The van der Waals surface area contributed by atoms with E-state index in [2.05, 4.69) is 17.2 Å². The van der Waals surface area contributed by atoms with Gasteiger partial charge in [0.25, 0.3) is 0 Å². The van der Waals surface area contributed by atoms with Crippen molar-refractivity contribution in [3.8, 4) is 5.75 Å². The van der Waals surface area contributed by atoms with Gasteiger partial charge in [-0.2, -0.15) is 0 Å². The Morgan fingerprint density at radius 2 is 2.40 bits per heavy atom. The monoisotopic (exact) mass is 206 g/mol. The van der Waals surface area contributed by atoms with Gasteiger partial charge in [0.2, 0.25) is 0 Å². The van der Waals surface area contributed by atoms with Crippen LogP contribution in [0.5, 0.6) is 5.75 Å². The topological polar surface area (TPSA) is 34.1 Å². The third-order valence-corrected chi connectivity index (χ3v) is 2.48. The van der Waals surface area contributed by atoms with Gasteiger partial charge in [-0.3, -0.25) is 4.98 Å². The zero-order valence-electron chi connectivity index (χ0n) is 9.20. The molecule has 15 heavy (non-hydrogen) atoms. The van der Waals surface area contributed by atoms with Crippen molar-refractivity contribution in [1.29, 1.82) is 0 Å². The summed E-state index contributed by atoms with van der Waals surface area (Å²) in [6.45, 7) is 3.77. The fraction of sp³-hybridized carbons (Fsp3) is 0.583. The van der Waals surface area contributed by atoms with Crippen LogP contribution in [0.2, 0.25) is 0 Å². The van der Waals surface area contributed by atoms with Crippen molar-refractivity contribution in [3.05, 3.63) is 24.0 Å². The van der Waals surface area contributed by atoms with E-state index in [0.29, 0.717) is 0 Å². The molecule has 2 rings (SSSR count). The molecule has 1 aliphatic rings. The second kappa shape index (κ2) is 5.12. The molecule has 1 aliphatic carbocycles. The standard InChI is InChI=1S/C12H18N2O/c1-2-7-15-12-5-6-13-8-10(12)9-14-11-3-4-11/h5-6,8,11,14H,2-4,7,9H2,1H3. The van der Waals surface area contributed by atoms with E-state index in [-0.39, 0.29) is 0 Å². The third kappa shape index (κ3) is 3.20. The second-order valence-corrected chi connectivity index (χ2v) is 3.99. The van der Waals surface area contributed by atoms with Gasteiger partial charge >= 0.3 is 0 Å². The molecule has 3 heteroatoms. The lowest BCUT2D eigenvalue weighted by Gasteiger charge is -2.10. The minimum atomic E-state index is 0.726. The number of pyridine rings is 1. The fourth-order valence-electron chi connectivity index (χ4n) is 1.44. The van der Waals surface area contributed by atoms with Gasteiger partial charge in [0.1, 0.15) is 5.75 Å². The molecule has 1 saturated carbocycles. The van der Waals surface area contributed by atoms with Crippen LogP contribution in [0.4, 0.5) is 0 Å². The van der Waals surface area contributed by atoms with Crippen LogP contribution in [0.15, 0.2) is 18.5 Å². The molecular weight excluding hydrogens is 188 g/mol. The van der Waals surface area contributed by atoms with Gasteiger partial charge in [0, 0.05) is 30.5 Å². The maximum absolute atomic E-state index is 5.66. The highest BCUT2D eigenvalue weighted by Gasteiger charge is 2.20. The first-order chi connectivity index (χ1) is 7.40. The molecule has 0 aliphatic heterocycles. The maximum Gasteiger partial charge on any atom is 0.126 e. The lowest BCUT2D eigenvalue weighted by atomic mass is 10.2. The Balaban J connectivity index is 1.93. The third-order valence-electron chi connectivity index (χ3n) is 2.48. The van der Waals surface area contributed by atoms with Crippen LogP contribution >= 0.6 is 0 Å². The Labute approximate surface area is 90.9 Å². The first-order valence-corrected chi connectivity index (χ1v) is 5.69. The number of hydrogen-bond donors (Lipinski definition) is 1. The summed E-state index contributed by atoms with van der Waals surface area (Å²) < 4.78 is 5.66. The molecule has 0 spiro atoms. The normalized spacial score (nSPS) is 15.3. The first kappa shape index (κ1) is 10.4.